The van der Waals surface area contributed by atoms with Gasteiger partial charge in [-0.1, -0.05) is 88.4 Å². The number of nitrogens with two attached hydrogens (primary N) is 4. The molecule has 2 aromatic heterocycles. The van der Waals surface area contributed by atoms with Gasteiger partial charge in [0.05, 0.1) is 11.4 Å². The molecule has 0 bridgehead atoms. The maximum Gasteiger partial charge on any atom is 0.222 e. The molecule has 0 aliphatic carbocycles. The van der Waals surface area contributed by atoms with Crippen molar-refractivity contribution in [1.29, 1.82) is 0 Å². The average molecular weight is 625 g/mol. The highest BCUT2D eigenvalue weighted by Gasteiger charge is 2.26. The summed E-state index contributed by atoms with van der Waals surface area (Å²) >= 11 is 0. The van der Waals surface area contributed by atoms with E-state index >= 15 is 0 Å². The summed E-state index contributed by atoms with van der Waals surface area (Å²) in [7, 11) is 0. The molecule has 10 heteroatoms. The largest absolute Gasteiger partial charge is 0.382 e. The number of rotatable bonds is 7. The van der Waals surface area contributed by atoms with Crippen LogP contribution in [-0.4, -0.2) is 46.1 Å². The first-order chi connectivity index (χ1) is 21.9. The first-order valence-corrected chi connectivity index (χ1v) is 16.3. The molecule has 6 rings (SSSR count). The van der Waals surface area contributed by atoms with Gasteiger partial charge in [-0.3, -0.25) is 0 Å². The first kappa shape index (κ1) is 34.3. The molecule has 4 aromatic rings. The van der Waals surface area contributed by atoms with Crippen molar-refractivity contribution in [3.05, 3.63) is 83.2 Å². The van der Waals surface area contributed by atoms with Gasteiger partial charge in [0.2, 0.25) is 11.9 Å². The van der Waals surface area contributed by atoms with Crippen LogP contribution in [0.15, 0.2) is 60.7 Å². The lowest BCUT2D eigenvalue weighted by atomic mass is 9.89. The minimum Gasteiger partial charge on any atom is -0.382 e. The van der Waals surface area contributed by atoms with E-state index in [0.717, 1.165) is 93.9 Å². The number of anilines is 6. The van der Waals surface area contributed by atoms with E-state index in [1.165, 1.54) is 11.1 Å². The van der Waals surface area contributed by atoms with Gasteiger partial charge < -0.3 is 32.7 Å². The molecule has 0 spiro atoms. The number of aryl methyl sites for hydroxylation is 2. The summed E-state index contributed by atoms with van der Waals surface area (Å²) in [6.45, 7) is 8.12. The normalized spacial score (nSPS) is 15.5. The minimum atomic E-state index is 0. The topological polar surface area (TPSA) is 162 Å². The number of nitrogens with zero attached hydrogens (tertiary/aromatic N) is 6. The molecular weight excluding hydrogens is 572 g/mol. The van der Waals surface area contributed by atoms with E-state index in [0.29, 0.717) is 23.5 Å². The van der Waals surface area contributed by atoms with E-state index in [-0.39, 0.29) is 19.3 Å². The van der Waals surface area contributed by atoms with Crippen LogP contribution >= 0.6 is 0 Å². The van der Waals surface area contributed by atoms with Gasteiger partial charge in [0.25, 0.3) is 0 Å². The Morgan fingerprint density at radius 1 is 0.587 bits per heavy atom. The Labute approximate surface area is 274 Å². The van der Waals surface area contributed by atoms with Crippen LogP contribution in [0, 0.1) is 0 Å². The summed E-state index contributed by atoms with van der Waals surface area (Å²) in [4.78, 5) is 21.7. The number of nitrogen functional groups attached to an aromatic ring is 4. The minimum absolute atomic E-state index is 0. The van der Waals surface area contributed by atoms with E-state index < -0.39 is 0 Å². The molecule has 0 saturated carbocycles. The Kier molecular flexibility index (Phi) is 12.0. The first-order valence-electron chi connectivity index (χ1n) is 16.3. The Balaban J connectivity index is 0.000000205. The molecule has 2 aliphatic heterocycles. The molecule has 2 aliphatic rings. The number of hydrogen-bond acceptors (Lipinski definition) is 10. The predicted octanol–water partition coefficient (Wildman–Crippen LogP) is 6.20. The van der Waals surface area contributed by atoms with Crippen LogP contribution in [-0.2, 0) is 12.8 Å². The summed E-state index contributed by atoms with van der Waals surface area (Å²) in [6, 6.07) is 21.5. The van der Waals surface area contributed by atoms with Crippen LogP contribution in [0.4, 0.5) is 34.9 Å². The van der Waals surface area contributed by atoms with Gasteiger partial charge in [-0.05, 0) is 61.5 Å². The Morgan fingerprint density at radius 2 is 0.978 bits per heavy atom. The fraction of sp³-hybridized carbons (Fsp3) is 0.444. The van der Waals surface area contributed by atoms with Crippen molar-refractivity contribution in [2.24, 2.45) is 0 Å². The lowest BCUT2D eigenvalue weighted by Crippen LogP contribution is -2.34. The van der Waals surface area contributed by atoms with Crippen LogP contribution in [0.25, 0.3) is 0 Å². The van der Waals surface area contributed by atoms with Gasteiger partial charge in [0.15, 0.2) is 11.6 Å². The van der Waals surface area contributed by atoms with Crippen LogP contribution in [0.2, 0.25) is 0 Å². The molecule has 246 valence electrons. The number of benzene rings is 2. The predicted molar refractivity (Wildman–Crippen MR) is 193 cm³/mol. The van der Waals surface area contributed by atoms with Gasteiger partial charge in [-0.2, -0.15) is 9.97 Å². The van der Waals surface area contributed by atoms with E-state index in [2.05, 4.69) is 104 Å². The summed E-state index contributed by atoms with van der Waals surface area (Å²) in [5, 5.41) is 0. The van der Waals surface area contributed by atoms with Crippen molar-refractivity contribution in [2.75, 3.05) is 58.9 Å². The molecule has 0 atom stereocenters. The third-order valence-electron chi connectivity index (χ3n) is 8.99. The summed E-state index contributed by atoms with van der Waals surface area (Å²) in [5.74, 6) is 2.80. The third kappa shape index (κ3) is 8.16. The molecule has 4 heterocycles. The van der Waals surface area contributed by atoms with Crippen LogP contribution in [0.1, 0.15) is 87.7 Å². The fourth-order valence-corrected chi connectivity index (χ4v) is 6.75. The van der Waals surface area contributed by atoms with Crippen molar-refractivity contribution in [3.8, 4) is 0 Å². The second kappa shape index (κ2) is 16.1. The van der Waals surface area contributed by atoms with Gasteiger partial charge in [0.1, 0.15) is 11.4 Å². The molecule has 0 amide bonds. The lowest BCUT2D eigenvalue weighted by molar-refractivity contribution is 0.504. The lowest BCUT2D eigenvalue weighted by Gasteiger charge is -2.35. The smallest absolute Gasteiger partial charge is 0.222 e. The van der Waals surface area contributed by atoms with Gasteiger partial charge >= 0.3 is 0 Å². The molecule has 2 fully saturated rings. The van der Waals surface area contributed by atoms with Gasteiger partial charge in [-0.15, -0.1) is 0 Å². The van der Waals surface area contributed by atoms with Crippen LogP contribution < -0.4 is 32.7 Å². The van der Waals surface area contributed by atoms with Crippen molar-refractivity contribution >= 4 is 34.9 Å². The molecule has 0 radical (unpaired) electrons. The molecule has 2 saturated heterocycles. The van der Waals surface area contributed by atoms with Crippen molar-refractivity contribution in [1.82, 2.24) is 19.9 Å². The van der Waals surface area contributed by atoms with Crippen molar-refractivity contribution in [3.63, 3.8) is 0 Å². The average Bonchev–Trinajstić information content (AvgIpc) is 3.06. The van der Waals surface area contributed by atoms with E-state index in [4.69, 9.17) is 22.9 Å². The molecule has 8 N–H and O–H groups in total. The third-order valence-corrected chi connectivity index (χ3v) is 8.99. The summed E-state index contributed by atoms with van der Waals surface area (Å²) in [6.07, 6.45) is 7.20. The van der Waals surface area contributed by atoms with Crippen molar-refractivity contribution in [2.45, 2.75) is 78.1 Å². The zero-order valence-electron chi connectivity index (χ0n) is 26.7. The molecule has 2 aromatic carbocycles. The highest BCUT2D eigenvalue weighted by molar-refractivity contribution is 5.69. The quantitative estimate of drug-likeness (QED) is 0.186. The summed E-state index contributed by atoms with van der Waals surface area (Å²) in [5.41, 5.74) is 30.5. The zero-order valence-corrected chi connectivity index (χ0v) is 26.7. The van der Waals surface area contributed by atoms with Gasteiger partial charge in [-0.25, -0.2) is 9.97 Å². The molecule has 10 nitrogen and oxygen atoms in total. The molecular formula is C36H52N10. The molecule has 0 unspecified atom stereocenters. The second-order valence-corrected chi connectivity index (χ2v) is 12.0. The van der Waals surface area contributed by atoms with Crippen molar-refractivity contribution < 1.29 is 0 Å². The Bertz CT molecular complexity index is 1510. The number of piperidine rings is 2. The maximum absolute atomic E-state index is 6.16. The van der Waals surface area contributed by atoms with Gasteiger partial charge in [0, 0.05) is 26.2 Å². The highest BCUT2D eigenvalue weighted by Crippen LogP contribution is 2.35. The second-order valence-electron chi connectivity index (χ2n) is 12.0. The molecule has 46 heavy (non-hydrogen) atoms. The number of aromatic nitrogens is 4. The highest BCUT2D eigenvalue weighted by atomic mass is 15.2. The standard InChI is InChI=1S/C18H25N5.C17H23N5.CH4/c1-2-6-15-16(17(19)22-18(20)21-15)23-11-9-14(10-12-23)13-7-4-3-5-8-13;1-2-14-15(16(18)21-17(19)20-14)22-10-8-13(9-11-22)12-6-4-3-5-7-12;/h3-5,7-8,14H,2,6,9-12H2,1H3,(H4,19,20,21,22);3-7,13H,2,8-11H2,1H3,(H4,18,19,20,21);1H4. The van der Waals surface area contributed by atoms with E-state index in [1.807, 2.05) is 0 Å². The maximum atomic E-state index is 6.16. The fourth-order valence-electron chi connectivity index (χ4n) is 6.75. The van der Waals surface area contributed by atoms with Crippen LogP contribution in [0.5, 0.6) is 0 Å². The Morgan fingerprint density at radius 3 is 1.37 bits per heavy atom. The van der Waals surface area contributed by atoms with E-state index in [9.17, 15) is 0 Å². The zero-order chi connectivity index (χ0) is 31.8. The monoisotopic (exact) mass is 624 g/mol. The Hall–Kier alpha value is -4.60. The SMILES string of the molecule is C.CCCc1nc(N)nc(N)c1N1CCC(c2ccccc2)CC1.CCc1nc(N)nc(N)c1N1CCC(c2ccccc2)CC1. The number of hydrogen-bond donors (Lipinski definition) is 4. The van der Waals surface area contributed by atoms with Crippen LogP contribution in [0.3, 0.4) is 0 Å². The summed E-state index contributed by atoms with van der Waals surface area (Å²) < 4.78 is 0. The van der Waals surface area contributed by atoms with E-state index in [1.54, 1.807) is 0 Å².